The van der Waals surface area contributed by atoms with E-state index in [2.05, 4.69) is 6.92 Å². The molecule has 0 unspecified atom stereocenters. The highest BCUT2D eigenvalue weighted by Crippen LogP contribution is 2.11. The third-order valence-corrected chi connectivity index (χ3v) is 4.60. The first-order valence-electron chi connectivity index (χ1n) is 10.4. The van der Waals surface area contributed by atoms with E-state index in [0.717, 1.165) is 12.8 Å². The maximum Gasteiger partial charge on any atom is 0.222 e. The number of hydrogen-bond donors (Lipinski definition) is 0. The topological polar surface area (TPSA) is 66.4 Å². The normalized spacial score (nSPS) is 12.4. The number of carbonyl (C=O) groups is 1. The van der Waals surface area contributed by atoms with Crippen LogP contribution in [0.4, 0.5) is 0 Å². The molecule has 0 aliphatic rings. The Balaban J connectivity index is 4.22. The number of carbonyl (C=O) groups excluding carboxylic acids is 1. The van der Waals surface area contributed by atoms with Gasteiger partial charge >= 0.3 is 0 Å². The quantitative estimate of drug-likeness (QED) is 0.234. The van der Waals surface area contributed by atoms with Gasteiger partial charge in [0.2, 0.25) is 5.91 Å². The molecule has 6 nitrogen and oxygen atoms in total. The van der Waals surface area contributed by atoms with Crippen LogP contribution in [0.5, 0.6) is 0 Å². The van der Waals surface area contributed by atoms with Crippen LogP contribution in [0, 0.1) is 10.4 Å². The second-order valence-corrected chi connectivity index (χ2v) is 8.55. The van der Waals surface area contributed by atoms with E-state index in [1.54, 1.807) is 28.2 Å². The van der Waals surface area contributed by atoms with Gasteiger partial charge in [0.1, 0.15) is 0 Å². The number of hydrogen-bond acceptors (Lipinski definition) is 3. The molecule has 6 heteroatoms. The zero-order chi connectivity index (χ0) is 20.1. The maximum atomic E-state index is 12.5. The lowest BCUT2D eigenvalue weighted by Gasteiger charge is -2.36. The van der Waals surface area contributed by atoms with Crippen LogP contribution >= 0.6 is 0 Å². The molecule has 0 rings (SSSR count). The smallest absolute Gasteiger partial charge is 0.222 e. The molecule has 0 spiro atoms. The van der Waals surface area contributed by atoms with Gasteiger partial charge in [0.15, 0.2) is 0 Å². The van der Waals surface area contributed by atoms with Crippen LogP contribution in [0.3, 0.4) is 0 Å². The van der Waals surface area contributed by atoms with Gasteiger partial charge in [-0.2, -0.15) is 0 Å². The number of quaternary nitrogens is 2. The van der Waals surface area contributed by atoms with Gasteiger partial charge in [0, 0.05) is 32.4 Å². The summed E-state index contributed by atoms with van der Waals surface area (Å²) in [5.41, 5.74) is 0. The molecule has 0 aliphatic heterocycles. The van der Waals surface area contributed by atoms with E-state index >= 15 is 0 Å². The Kier molecular flexibility index (Phi) is 13.1. The van der Waals surface area contributed by atoms with E-state index < -0.39 is 0 Å². The van der Waals surface area contributed by atoms with Gasteiger partial charge < -0.3 is 24.6 Å². The lowest BCUT2D eigenvalue weighted by atomic mass is 10.1. The molecule has 26 heavy (non-hydrogen) atoms. The Morgan fingerprint density at radius 3 is 1.58 bits per heavy atom. The summed E-state index contributed by atoms with van der Waals surface area (Å²) < 4.78 is -0.658. The highest BCUT2D eigenvalue weighted by molar-refractivity contribution is 5.76. The minimum atomic E-state index is -0.329. The third-order valence-electron chi connectivity index (χ3n) is 4.60. The summed E-state index contributed by atoms with van der Waals surface area (Å²) in [6.45, 7) is 4.46. The minimum Gasteiger partial charge on any atom is -0.633 e. The molecule has 0 aromatic carbocycles. The van der Waals surface area contributed by atoms with Crippen LogP contribution in [-0.4, -0.2) is 74.5 Å². The van der Waals surface area contributed by atoms with Crippen molar-refractivity contribution in [1.82, 2.24) is 4.90 Å². The highest BCUT2D eigenvalue weighted by atomic mass is 16.5. The Hall–Kier alpha value is -0.690. The van der Waals surface area contributed by atoms with Crippen molar-refractivity contribution in [1.29, 1.82) is 0 Å². The average Bonchev–Trinajstić information content (AvgIpc) is 2.50. The van der Waals surface area contributed by atoms with Gasteiger partial charge in [-0.15, -0.1) is 0 Å². The lowest BCUT2D eigenvalue weighted by Crippen LogP contribution is -2.40. The van der Waals surface area contributed by atoms with Crippen LogP contribution in [0.25, 0.3) is 0 Å². The van der Waals surface area contributed by atoms with Crippen molar-refractivity contribution >= 4 is 5.91 Å². The van der Waals surface area contributed by atoms with Gasteiger partial charge in [-0.3, -0.25) is 4.79 Å². The van der Waals surface area contributed by atoms with Crippen molar-refractivity contribution in [3.63, 3.8) is 0 Å². The molecule has 0 bridgehead atoms. The minimum absolute atomic E-state index is 0.172. The SMILES string of the molecule is CCCCCCCCCC(=O)N(CCC[N+](C)(C)[O-])CCC[N+](C)(C)[O-]. The Bertz CT molecular complexity index is 342. The molecule has 0 saturated heterocycles. The maximum absolute atomic E-state index is 12.5. The van der Waals surface area contributed by atoms with Crippen LogP contribution in [0.1, 0.15) is 71.1 Å². The van der Waals surface area contributed by atoms with Crippen LogP contribution in [0.2, 0.25) is 0 Å². The summed E-state index contributed by atoms with van der Waals surface area (Å²) >= 11 is 0. The predicted molar refractivity (Wildman–Crippen MR) is 109 cm³/mol. The molecule has 0 atom stereocenters. The average molecular weight is 374 g/mol. The second kappa shape index (κ2) is 13.5. The molecule has 0 saturated carbocycles. The molecule has 156 valence electrons. The second-order valence-electron chi connectivity index (χ2n) is 8.55. The van der Waals surface area contributed by atoms with E-state index in [9.17, 15) is 15.2 Å². The van der Waals surface area contributed by atoms with Crippen molar-refractivity contribution in [2.24, 2.45) is 0 Å². The zero-order valence-corrected chi connectivity index (χ0v) is 18.0. The molecule has 0 radical (unpaired) electrons. The van der Waals surface area contributed by atoms with E-state index in [0.29, 0.717) is 45.4 Å². The van der Waals surface area contributed by atoms with Crippen LogP contribution in [0.15, 0.2) is 0 Å². The lowest BCUT2D eigenvalue weighted by molar-refractivity contribution is -0.840. The number of hydroxylamine groups is 6. The van der Waals surface area contributed by atoms with Crippen LogP contribution < -0.4 is 0 Å². The first-order chi connectivity index (χ1) is 12.0. The first-order valence-corrected chi connectivity index (χ1v) is 10.4. The number of unbranched alkanes of at least 4 members (excludes halogenated alkanes) is 6. The van der Waals surface area contributed by atoms with Crippen molar-refractivity contribution in [2.75, 3.05) is 54.4 Å². The van der Waals surface area contributed by atoms with Crippen molar-refractivity contribution in [2.45, 2.75) is 71.1 Å². The fourth-order valence-electron chi connectivity index (χ4n) is 3.04. The molecule has 0 aromatic rings. The highest BCUT2D eigenvalue weighted by Gasteiger charge is 2.15. The molecule has 0 fully saturated rings. The van der Waals surface area contributed by atoms with Crippen LogP contribution in [-0.2, 0) is 4.79 Å². The summed E-state index contributed by atoms with van der Waals surface area (Å²) in [5, 5.41) is 23.4. The summed E-state index contributed by atoms with van der Waals surface area (Å²) in [6, 6.07) is 0. The van der Waals surface area contributed by atoms with E-state index in [1.165, 1.54) is 32.1 Å². The van der Waals surface area contributed by atoms with Gasteiger partial charge in [-0.25, -0.2) is 0 Å². The number of nitrogens with zero attached hydrogens (tertiary/aromatic N) is 3. The first kappa shape index (κ1) is 25.3. The van der Waals surface area contributed by atoms with E-state index in [4.69, 9.17) is 0 Å². The summed E-state index contributed by atoms with van der Waals surface area (Å²) in [7, 11) is 6.51. The van der Waals surface area contributed by atoms with Gasteiger partial charge in [-0.05, 0) is 6.42 Å². The summed E-state index contributed by atoms with van der Waals surface area (Å²) in [6.07, 6.45) is 10.4. The number of rotatable bonds is 16. The molecule has 0 aliphatic carbocycles. The van der Waals surface area contributed by atoms with Crippen molar-refractivity contribution in [3.8, 4) is 0 Å². The summed E-state index contributed by atoms with van der Waals surface area (Å²) in [5.74, 6) is 0.172. The standard InChI is InChI=1S/C20H43N3O3/c1-6-7-8-9-10-11-12-15-20(24)21(16-13-18-22(2,3)25)17-14-19-23(4,5)26/h6-19H2,1-5H3. The zero-order valence-electron chi connectivity index (χ0n) is 18.0. The van der Waals surface area contributed by atoms with Gasteiger partial charge in [0.25, 0.3) is 0 Å². The largest absolute Gasteiger partial charge is 0.633 e. The summed E-state index contributed by atoms with van der Waals surface area (Å²) in [4.78, 5) is 14.4. The Morgan fingerprint density at radius 1 is 0.731 bits per heavy atom. The van der Waals surface area contributed by atoms with E-state index in [1.807, 2.05) is 4.90 Å². The Labute approximate surface area is 161 Å². The molecule has 0 N–H and O–H groups in total. The molecular formula is C20H43N3O3. The molecule has 1 amide bonds. The fourth-order valence-corrected chi connectivity index (χ4v) is 3.04. The van der Waals surface area contributed by atoms with Gasteiger partial charge in [-0.1, -0.05) is 45.4 Å². The number of amides is 1. The third kappa shape index (κ3) is 16.8. The monoisotopic (exact) mass is 373 g/mol. The van der Waals surface area contributed by atoms with E-state index in [-0.39, 0.29) is 15.2 Å². The molecule has 0 aromatic heterocycles. The molecule has 0 heterocycles. The van der Waals surface area contributed by atoms with Gasteiger partial charge in [0.05, 0.1) is 41.3 Å². The predicted octanol–water partition coefficient (Wildman–Crippen LogP) is 3.88. The Morgan fingerprint density at radius 2 is 1.15 bits per heavy atom. The van der Waals surface area contributed by atoms with Crippen molar-refractivity contribution < 1.29 is 14.1 Å². The van der Waals surface area contributed by atoms with Crippen molar-refractivity contribution in [3.05, 3.63) is 10.4 Å². The molecular weight excluding hydrogens is 330 g/mol. The fraction of sp³-hybridized carbons (Fsp3) is 0.950.